The number of likely N-dealkylation sites (tertiary alicyclic amines) is 1. The summed E-state index contributed by atoms with van der Waals surface area (Å²) in [6.45, 7) is 3.64. The molecule has 11 nitrogen and oxygen atoms in total. The Kier molecular flexibility index (Phi) is 12.2. The van der Waals surface area contributed by atoms with E-state index in [9.17, 15) is 32.8 Å². The average molecular weight is 846 g/mol. The summed E-state index contributed by atoms with van der Waals surface area (Å²) in [7, 11) is 1.00. The molecular weight excluding hydrogens is 795 g/mol. The first kappa shape index (κ1) is 42.7. The van der Waals surface area contributed by atoms with Crippen molar-refractivity contribution in [2.24, 2.45) is 5.92 Å². The highest BCUT2D eigenvalue weighted by molar-refractivity contribution is 6.23. The lowest BCUT2D eigenvalue weighted by Crippen LogP contribution is -2.54. The van der Waals surface area contributed by atoms with Gasteiger partial charge >= 0.3 is 0 Å². The molecule has 2 unspecified atom stereocenters. The highest BCUT2D eigenvalue weighted by Gasteiger charge is 2.46. The number of amides is 5. The van der Waals surface area contributed by atoms with Crippen molar-refractivity contribution in [3.63, 3.8) is 0 Å². The lowest BCUT2D eigenvalue weighted by molar-refractivity contribution is -0.138. The van der Waals surface area contributed by atoms with Gasteiger partial charge in [0.05, 0.1) is 23.7 Å². The first-order valence-corrected chi connectivity index (χ1v) is 21.3. The van der Waals surface area contributed by atoms with Gasteiger partial charge in [0.15, 0.2) is 0 Å². The van der Waals surface area contributed by atoms with Crippen LogP contribution in [0.25, 0.3) is 0 Å². The largest absolute Gasteiger partial charge is 0.400 e. The number of benzene rings is 3. The van der Waals surface area contributed by atoms with E-state index >= 15 is 8.78 Å². The van der Waals surface area contributed by atoms with Crippen molar-refractivity contribution in [1.82, 2.24) is 24.9 Å². The van der Waals surface area contributed by atoms with Gasteiger partial charge < -0.3 is 10.0 Å². The van der Waals surface area contributed by atoms with Crippen LogP contribution in [0.1, 0.15) is 124 Å². The molecular formula is C46H51F4N5O6. The van der Waals surface area contributed by atoms with Crippen LogP contribution in [-0.4, -0.2) is 106 Å². The molecule has 0 radical (unpaired) electrons. The van der Waals surface area contributed by atoms with Gasteiger partial charge in [0.1, 0.15) is 17.7 Å². The molecule has 5 heterocycles. The van der Waals surface area contributed by atoms with E-state index < -0.39 is 60.3 Å². The van der Waals surface area contributed by atoms with Gasteiger partial charge in [0, 0.05) is 63.3 Å². The molecule has 6 aliphatic rings. The fourth-order valence-corrected chi connectivity index (χ4v) is 10.8. The number of carbonyl (C=O) groups is 5. The number of piperidine rings is 2. The lowest BCUT2D eigenvalue weighted by Gasteiger charge is -2.42. The van der Waals surface area contributed by atoms with E-state index in [2.05, 4.69) is 10.2 Å². The van der Waals surface area contributed by atoms with Gasteiger partial charge in [-0.15, -0.1) is 0 Å². The number of carbonyl (C=O) groups excluding carboxylic acids is 5. The molecule has 1 saturated carbocycles. The number of rotatable bonds is 7. The van der Waals surface area contributed by atoms with E-state index in [1.54, 1.807) is 24.3 Å². The third-order valence-electron chi connectivity index (χ3n) is 13.8. The second-order valence-electron chi connectivity index (χ2n) is 17.3. The fourth-order valence-electron chi connectivity index (χ4n) is 10.8. The molecule has 0 bridgehead atoms. The van der Waals surface area contributed by atoms with Crippen molar-refractivity contribution < 1.29 is 46.6 Å². The summed E-state index contributed by atoms with van der Waals surface area (Å²) < 4.78 is 59.6. The molecule has 15 heteroatoms. The van der Waals surface area contributed by atoms with Crippen LogP contribution in [0.3, 0.4) is 0 Å². The molecule has 324 valence electrons. The zero-order chi connectivity index (χ0) is 43.3. The highest BCUT2D eigenvalue weighted by Crippen LogP contribution is 2.43. The number of aliphatic hydroxyl groups excluding tert-OH is 1. The summed E-state index contributed by atoms with van der Waals surface area (Å²) in [5.74, 6) is -3.75. The monoisotopic (exact) mass is 845 g/mol. The van der Waals surface area contributed by atoms with E-state index in [4.69, 9.17) is 5.11 Å². The SMILES string of the molecule is CO.C[C@@H]1Cc2ccccc2C(c2c(F)cc(C3CCC(C(=O)N4CCC(N5Cc6cc7c(cc6C5)C(=O)N(C5CCC(=O)NC5=O)C7=O)CC4)CC3)cc2F)N1CC(F)F. The summed E-state index contributed by atoms with van der Waals surface area (Å²) in [6, 6.07) is 11.5. The standard InChI is InChI=1S/C45H47F4N5O5.CH4O/c1-24-16-27-4-2-3-5-32(27)41(53(24)23-38(48)49)40-35(46)19-28(20-36(40)47)25-6-8-26(9-7-25)43(57)51-14-12-31(13-15-51)52-21-29-17-33-34(18-30(29)22-52)45(59)54(44(33)58)37-10-11-39(55)50-42(37)56;1-2/h2-5,17-20,24-26,31,37-38,41H,6-16,21-23H2,1H3,(H,50,55,56);2H,1H3/t24-,25?,26?,37?,41?;/m1./s1. The number of hydrogen-bond donors (Lipinski definition) is 2. The Labute approximate surface area is 352 Å². The Morgan fingerprint density at radius 1 is 0.820 bits per heavy atom. The van der Waals surface area contributed by atoms with Crippen molar-refractivity contribution in [1.29, 1.82) is 0 Å². The zero-order valence-corrected chi connectivity index (χ0v) is 34.3. The third kappa shape index (κ3) is 8.00. The number of alkyl halides is 2. The second-order valence-corrected chi connectivity index (χ2v) is 17.3. The van der Waals surface area contributed by atoms with Crippen LogP contribution in [0.2, 0.25) is 0 Å². The van der Waals surface area contributed by atoms with Gasteiger partial charge in [-0.25, -0.2) is 17.6 Å². The normalized spacial score (nSPS) is 25.9. The summed E-state index contributed by atoms with van der Waals surface area (Å²) in [6.07, 6.45) is 2.01. The van der Waals surface area contributed by atoms with Gasteiger partial charge in [-0.05, 0) is 116 Å². The van der Waals surface area contributed by atoms with Crippen LogP contribution in [0.15, 0.2) is 48.5 Å². The molecule has 9 rings (SSSR count). The van der Waals surface area contributed by atoms with Crippen molar-refractivity contribution in [2.75, 3.05) is 26.7 Å². The molecule has 0 aromatic heterocycles. The molecule has 2 saturated heterocycles. The first-order valence-electron chi connectivity index (χ1n) is 21.3. The van der Waals surface area contributed by atoms with Gasteiger partial charge in [-0.2, -0.15) is 0 Å². The predicted molar refractivity (Wildman–Crippen MR) is 215 cm³/mol. The maximum atomic E-state index is 16.1. The Balaban J connectivity index is 0.00000253. The molecule has 61 heavy (non-hydrogen) atoms. The minimum Gasteiger partial charge on any atom is -0.400 e. The smallest absolute Gasteiger partial charge is 0.262 e. The minimum atomic E-state index is -2.66. The lowest BCUT2D eigenvalue weighted by atomic mass is 9.77. The number of aliphatic hydroxyl groups is 1. The Morgan fingerprint density at radius 2 is 1.43 bits per heavy atom. The van der Waals surface area contributed by atoms with Crippen molar-refractivity contribution in [3.8, 4) is 0 Å². The van der Waals surface area contributed by atoms with Crippen LogP contribution >= 0.6 is 0 Å². The van der Waals surface area contributed by atoms with Gasteiger partial charge in [-0.1, -0.05) is 24.3 Å². The molecule has 1 aliphatic carbocycles. The van der Waals surface area contributed by atoms with Crippen molar-refractivity contribution >= 4 is 29.5 Å². The molecule has 0 spiro atoms. The number of fused-ring (bicyclic) bond motifs is 3. The second kappa shape index (κ2) is 17.4. The third-order valence-corrected chi connectivity index (χ3v) is 13.8. The Hall–Kier alpha value is -4.99. The van der Waals surface area contributed by atoms with E-state index in [-0.39, 0.29) is 59.4 Å². The molecule has 5 amide bonds. The number of nitrogens with one attached hydrogen (secondary N) is 1. The predicted octanol–water partition coefficient (Wildman–Crippen LogP) is 5.86. The number of halogens is 4. The fraction of sp³-hybridized carbons (Fsp3) is 0.500. The van der Waals surface area contributed by atoms with Crippen LogP contribution < -0.4 is 5.32 Å². The Bertz CT molecular complexity index is 2170. The molecule has 3 aromatic rings. The van der Waals surface area contributed by atoms with Crippen LogP contribution in [0, 0.1) is 17.6 Å². The van der Waals surface area contributed by atoms with E-state index in [0.29, 0.717) is 69.4 Å². The van der Waals surface area contributed by atoms with Crippen molar-refractivity contribution in [3.05, 3.63) is 105 Å². The van der Waals surface area contributed by atoms with E-state index in [1.165, 1.54) is 17.0 Å². The van der Waals surface area contributed by atoms with E-state index in [0.717, 1.165) is 41.5 Å². The summed E-state index contributed by atoms with van der Waals surface area (Å²) in [5, 5.41) is 9.22. The van der Waals surface area contributed by atoms with Crippen molar-refractivity contribution in [2.45, 2.75) is 114 Å². The minimum absolute atomic E-state index is 0.0631. The quantitative estimate of drug-likeness (QED) is 0.224. The maximum absolute atomic E-state index is 16.1. The summed E-state index contributed by atoms with van der Waals surface area (Å²) >= 11 is 0. The maximum Gasteiger partial charge on any atom is 0.262 e. The van der Waals surface area contributed by atoms with Gasteiger partial charge in [0.2, 0.25) is 17.7 Å². The van der Waals surface area contributed by atoms with Gasteiger partial charge in [0.25, 0.3) is 18.2 Å². The van der Waals surface area contributed by atoms with Crippen LogP contribution in [-0.2, 0) is 33.9 Å². The molecule has 3 atom stereocenters. The van der Waals surface area contributed by atoms with Crippen LogP contribution in [0.5, 0.6) is 0 Å². The summed E-state index contributed by atoms with van der Waals surface area (Å²) in [5.41, 5.74) is 4.35. The van der Waals surface area contributed by atoms with Crippen LogP contribution in [0.4, 0.5) is 17.6 Å². The molecule has 2 N–H and O–H groups in total. The topological polar surface area (TPSA) is 131 Å². The Morgan fingerprint density at radius 3 is 2.02 bits per heavy atom. The molecule has 3 fully saturated rings. The van der Waals surface area contributed by atoms with E-state index in [1.807, 2.05) is 24.0 Å². The van der Waals surface area contributed by atoms with Gasteiger partial charge in [-0.3, -0.25) is 44.0 Å². The highest BCUT2D eigenvalue weighted by atomic mass is 19.3. The number of imide groups is 2. The number of nitrogens with zero attached hydrogens (tertiary/aromatic N) is 4. The average Bonchev–Trinajstić information content (AvgIpc) is 3.78. The summed E-state index contributed by atoms with van der Waals surface area (Å²) in [4.78, 5) is 71.3. The molecule has 5 aliphatic heterocycles. The zero-order valence-electron chi connectivity index (χ0n) is 34.3. The first-order chi connectivity index (χ1) is 29.4. The molecule has 3 aromatic carbocycles. The number of hydrogen-bond acceptors (Lipinski definition) is 8.